The molecule has 1 fully saturated rings. The summed E-state index contributed by atoms with van der Waals surface area (Å²) in [4.78, 5) is 2.59. The molecule has 2 heterocycles. The molecule has 0 aliphatic carbocycles. The molecular formula is C19H27N3O. The molecule has 1 N–H and O–H groups in total. The number of nitrogens with one attached hydrogen (secondary N) is 1. The molecule has 1 aromatic heterocycles. The van der Waals surface area contributed by atoms with E-state index in [4.69, 9.17) is 4.74 Å². The zero-order valence-electron chi connectivity index (χ0n) is 14.2. The summed E-state index contributed by atoms with van der Waals surface area (Å²) in [6, 6.07) is 10.2. The number of rotatable bonds is 6. The second-order valence-electron chi connectivity index (χ2n) is 6.90. The van der Waals surface area contributed by atoms with Crippen LogP contribution in [0.4, 0.5) is 0 Å². The molecule has 124 valence electrons. The van der Waals surface area contributed by atoms with Gasteiger partial charge in [-0.25, -0.2) is 0 Å². The zero-order valence-corrected chi connectivity index (χ0v) is 14.2. The number of nitrogens with zero attached hydrogens (tertiary/aromatic N) is 2. The van der Waals surface area contributed by atoms with E-state index < -0.39 is 0 Å². The van der Waals surface area contributed by atoms with Gasteiger partial charge in [-0.05, 0) is 60.6 Å². The Morgan fingerprint density at radius 1 is 1.13 bits per heavy atom. The maximum atomic E-state index is 5.87. The number of hydrogen-bond donors (Lipinski definition) is 1. The molecule has 1 aliphatic heterocycles. The van der Waals surface area contributed by atoms with Crippen LogP contribution in [0.5, 0.6) is 5.75 Å². The van der Waals surface area contributed by atoms with E-state index in [1.54, 1.807) is 6.20 Å². The summed E-state index contributed by atoms with van der Waals surface area (Å²) in [6.45, 7) is 9.12. The lowest BCUT2D eigenvalue weighted by Crippen LogP contribution is -2.39. The minimum Gasteiger partial charge on any atom is -0.494 e. The Kier molecular flexibility index (Phi) is 5.34. The van der Waals surface area contributed by atoms with Crippen molar-refractivity contribution >= 4 is 0 Å². The maximum absolute atomic E-state index is 5.87. The van der Waals surface area contributed by atoms with Crippen LogP contribution in [-0.2, 0) is 0 Å². The number of hydrogen-bond acceptors (Lipinski definition) is 3. The largest absolute Gasteiger partial charge is 0.494 e. The lowest BCUT2D eigenvalue weighted by Gasteiger charge is -2.34. The number of piperidine rings is 1. The quantitative estimate of drug-likeness (QED) is 0.824. The van der Waals surface area contributed by atoms with Crippen molar-refractivity contribution in [3.8, 4) is 17.0 Å². The molecule has 4 nitrogen and oxygen atoms in total. The molecule has 2 atom stereocenters. The first-order valence-electron chi connectivity index (χ1n) is 8.65. The SMILES string of the molecule is CC1C[C@@H](C)CN(CCCOc2ccc(-c3ccn[nH]3)cc2)C1. The maximum Gasteiger partial charge on any atom is 0.119 e. The van der Waals surface area contributed by atoms with Gasteiger partial charge >= 0.3 is 0 Å². The second-order valence-corrected chi connectivity index (χ2v) is 6.90. The van der Waals surface area contributed by atoms with Crippen molar-refractivity contribution < 1.29 is 4.74 Å². The Morgan fingerprint density at radius 3 is 2.52 bits per heavy atom. The van der Waals surface area contributed by atoms with Crippen molar-refractivity contribution in [2.45, 2.75) is 26.7 Å². The summed E-state index contributed by atoms with van der Waals surface area (Å²) in [5.41, 5.74) is 2.16. The van der Waals surface area contributed by atoms with E-state index >= 15 is 0 Å². The first-order chi connectivity index (χ1) is 11.2. The standard InChI is InChI=1S/C19H27N3O/c1-15-12-16(2)14-22(13-15)10-3-11-23-18-6-4-17(5-7-18)19-8-9-20-21-19/h4-9,15-16H,3,10-14H2,1-2H3,(H,20,21)/t15-,16?/m1/s1. The second kappa shape index (κ2) is 7.64. The van der Waals surface area contributed by atoms with Crippen LogP contribution in [0.2, 0.25) is 0 Å². The molecule has 23 heavy (non-hydrogen) atoms. The molecule has 1 aromatic carbocycles. The number of aromatic nitrogens is 2. The van der Waals surface area contributed by atoms with Crippen LogP contribution in [-0.4, -0.2) is 41.3 Å². The number of ether oxygens (including phenoxy) is 1. The fraction of sp³-hybridized carbons (Fsp3) is 0.526. The van der Waals surface area contributed by atoms with Crippen LogP contribution in [0.25, 0.3) is 11.3 Å². The Morgan fingerprint density at radius 2 is 1.87 bits per heavy atom. The average molecular weight is 313 g/mol. The molecular weight excluding hydrogens is 286 g/mol. The molecule has 0 bridgehead atoms. The summed E-state index contributed by atoms with van der Waals surface area (Å²) < 4.78 is 5.87. The summed E-state index contributed by atoms with van der Waals surface area (Å²) in [6.07, 6.45) is 4.22. The van der Waals surface area contributed by atoms with Crippen molar-refractivity contribution in [3.05, 3.63) is 36.5 Å². The minimum absolute atomic E-state index is 0.780. The summed E-state index contributed by atoms with van der Waals surface area (Å²) in [7, 11) is 0. The van der Waals surface area contributed by atoms with Crippen molar-refractivity contribution in [3.63, 3.8) is 0 Å². The lowest BCUT2D eigenvalue weighted by molar-refractivity contribution is 0.132. The van der Waals surface area contributed by atoms with Gasteiger partial charge in [-0.3, -0.25) is 5.10 Å². The van der Waals surface area contributed by atoms with Gasteiger partial charge in [0, 0.05) is 25.8 Å². The highest BCUT2D eigenvalue weighted by atomic mass is 16.5. The predicted octanol–water partition coefficient (Wildman–Crippen LogP) is 3.82. The highest BCUT2D eigenvalue weighted by Crippen LogP contribution is 2.22. The van der Waals surface area contributed by atoms with Crippen LogP contribution < -0.4 is 4.74 Å². The van der Waals surface area contributed by atoms with E-state index in [-0.39, 0.29) is 0 Å². The third kappa shape index (κ3) is 4.58. The number of benzene rings is 1. The molecule has 0 amide bonds. The Hall–Kier alpha value is -1.81. The van der Waals surface area contributed by atoms with Gasteiger partial charge in [0.25, 0.3) is 0 Å². The predicted molar refractivity (Wildman–Crippen MR) is 93.5 cm³/mol. The highest BCUT2D eigenvalue weighted by molar-refractivity contribution is 5.59. The molecule has 1 unspecified atom stereocenters. The first kappa shape index (κ1) is 16.1. The van der Waals surface area contributed by atoms with E-state index in [0.29, 0.717) is 0 Å². The molecule has 1 aliphatic rings. The van der Waals surface area contributed by atoms with E-state index in [1.807, 2.05) is 18.2 Å². The van der Waals surface area contributed by atoms with E-state index in [1.165, 1.54) is 19.5 Å². The highest BCUT2D eigenvalue weighted by Gasteiger charge is 2.20. The van der Waals surface area contributed by atoms with E-state index in [2.05, 4.69) is 41.1 Å². The van der Waals surface area contributed by atoms with Gasteiger partial charge in [0.15, 0.2) is 0 Å². The van der Waals surface area contributed by atoms with Gasteiger partial charge in [-0.1, -0.05) is 13.8 Å². The van der Waals surface area contributed by atoms with Crippen LogP contribution in [0.15, 0.2) is 36.5 Å². The zero-order chi connectivity index (χ0) is 16.1. The van der Waals surface area contributed by atoms with Crippen LogP contribution in [0.3, 0.4) is 0 Å². The van der Waals surface area contributed by atoms with Crippen LogP contribution in [0, 0.1) is 11.8 Å². The van der Waals surface area contributed by atoms with Gasteiger partial charge < -0.3 is 9.64 Å². The number of aromatic amines is 1. The Balaban J connectivity index is 1.40. The topological polar surface area (TPSA) is 41.1 Å². The molecule has 2 aromatic rings. The normalized spacial score (nSPS) is 22.2. The van der Waals surface area contributed by atoms with Crippen molar-refractivity contribution in [1.82, 2.24) is 15.1 Å². The first-order valence-corrected chi connectivity index (χ1v) is 8.65. The summed E-state index contributed by atoms with van der Waals surface area (Å²) in [5.74, 6) is 2.60. The Labute approximate surface area is 138 Å². The molecule has 0 saturated carbocycles. The molecule has 0 radical (unpaired) electrons. The molecule has 4 heteroatoms. The van der Waals surface area contributed by atoms with E-state index in [9.17, 15) is 0 Å². The summed E-state index contributed by atoms with van der Waals surface area (Å²) >= 11 is 0. The molecule has 1 saturated heterocycles. The van der Waals surface area contributed by atoms with E-state index in [0.717, 1.165) is 48.4 Å². The lowest BCUT2D eigenvalue weighted by atomic mass is 9.92. The number of H-pyrrole nitrogens is 1. The van der Waals surface area contributed by atoms with Gasteiger partial charge in [-0.15, -0.1) is 0 Å². The van der Waals surface area contributed by atoms with Crippen LogP contribution in [0.1, 0.15) is 26.7 Å². The number of likely N-dealkylation sites (tertiary alicyclic amines) is 1. The van der Waals surface area contributed by atoms with Crippen LogP contribution >= 0.6 is 0 Å². The smallest absolute Gasteiger partial charge is 0.119 e. The minimum atomic E-state index is 0.780. The van der Waals surface area contributed by atoms with Crippen molar-refractivity contribution in [2.24, 2.45) is 11.8 Å². The summed E-state index contributed by atoms with van der Waals surface area (Å²) in [5, 5.41) is 6.95. The monoisotopic (exact) mass is 313 g/mol. The fourth-order valence-corrected chi connectivity index (χ4v) is 3.60. The van der Waals surface area contributed by atoms with Gasteiger partial charge in [0.05, 0.1) is 12.3 Å². The fourth-order valence-electron chi connectivity index (χ4n) is 3.60. The third-order valence-corrected chi connectivity index (χ3v) is 4.50. The van der Waals surface area contributed by atoms with Gasteiger partial charge in [-0.2, -0.15) is 5.10 Å². The van der Waals surface area contributed by atoms with Crippen molar-refractivity contribution in [1.29, 1.82) is 0 Å². The van der Waals surface area contributed by atoms with Gasteiger partial charge in [0.1, 0.15) is 5.75 Å². The van der Waals surface area contributed by atoms with Gasteiger partial charge in [0.2, 0.25) is 0 Å². The molecule has 0 spiro atoms. The average Bonchev–Trinajstić information content (AvgIpc) is 3.06. The molecule has 3 rings (SSSR count). The van der Waals surface area contributed by atoms with Crippen molar-refractivity contribution in [2.75, 3.05) is 26.2 Å². The Bertz CT molecular complexity index is 569. The third-order valence-electron chi connectivity index (χ3n) is 4.50.